The number of hydrogen-bond donors (Lipinski definition) is 1. The van der Waals surface area contributed by atoms with Crippen LogP contribution in [0.5, 0.6) is 0 Å². The summed E-state index contributed by atoms with van der Waals surface area (Å²) in [5.74, 6) is -0.404. The van der Waals surface area contributed by atoms with E-state index in [-0.39, 0.29) is 24.9 Å². The molecule has 0 aliphatic carbocycles. The topological polar surface area (TPSA) is 56.4 Å². The Kier molecular flexibility index (Phi) is 8.36. The van der Waals surface area contributed by atoms with Crippen LogP contribution >= 0.6 is 0 Å². The molecule has 2 amide bonds. The predicted octanol–water partition coefficient (Wildman–Crippen LogP) is 5.41. The maximum absolute atomic E-state index is 13.2. The maximum atomic E-state index is 13.2. The molecule has 0 aliphatic heterocycles. The lowest BCUT2D eigenvalue weighted by atomic mass is 10.1. The Morgan fingerprint density at radius 1 is 0.971 bits per heavy atom. The monoisotopic (exact) mass is 473 g/mol. The lowest BCUT2D eigenvalue weighted by molar-refractivity contribution is -0.139. The van der Waals surface area contributed by atoms with Crippen molar-refractivity contribution < 1.29 is 22.8 Å². The summed E-state index contributed by atoms with van der Waals surface area (Å²) in [6.07, 6.45) is -0.237. The number of unbranched alkanes of at least 4 members (excludes halogenated alkanes) is 1. The van der Waals surface area contributed by atoms with Crippen LogP contribution in [0.15, 0.2) is 54.7 Å². The van der Waals surface area contributed by atoms with E-state index in [0.717, 1.165) is 41.4 Å². The molecule has 3 aromatic rings. The molecule has 0 spiro atoms. The van der Waals surface area contributed by atoms with E-state index in [1.54, 1.807) is 4.90 Å². The number of benzene rings is 2. The summed E-state index contributed by atoms with van der Waals surface area (Å²) in [5, 5.41) is 1.07. The molecule has 2 aromatic carbocycles. The molecule has 0 saturated heterocycles. The summed E-state index contributed by atoms with van der Waals surface area (Å²) in [4.78, 5) is 31.6. The second kappa shape index (κ2) is 11.2. The summed E-state index contributed by atoms with van der Waals surface area (Å²) < 4.78 is 38.8. The molecule has 0 atom stereocenters. The van der Waals surface area contributed by atoms with Gasteiger partial charge in [-0.1, -0.05) is 43.7 Å². The first-order valence-electron chi connectivity index (χ1n) is 11.4. The van der Waals surface area contributed by atoms with Crippen LogP contribution in [-0.2, 0) is 28.7 Å². The van der Waals surface area contributed by atoms with E-state index in [1.165, 1.54) is 24.0 Å². The molecule has 1 aromatic heterocycles. The van der Waals surface area contributed by atoms with Crippen LogP contribution in [0.1, 0.15) is 43.4 Å². The minimum absolute atomic E-state index is 0.0517. The Bertz CT molecular complexity index is 1110. The van der Waals surface area contributed by atoms with Crippen LogP contribution in [0.25, 0.3) is 10.9 Å². The van der Waals surface area contributed by atoms with Gasteiger partial charge in [0, 0.05) is 43.7 Å². The first kappa shape index (κ1) is 25.3. The number of H-pyrrole nitrogens is 1. The van der Waals surface area contributed by atoms with Crippen molar-refractivity contribution in [2.75, 3.05) is 19.6 Å². The SMILES string of the molecule is CCCCN(CC(=O)N(CCc1c[nH]c2ccccc12)Cc1ccc(C(F)(F)F)cc1)C(C)=O. The van der Waals surface area contributed by atoms with Gasteiger partial charge in [-0.3, -0.25) is 9.59 Å². The first-order chi connectivity index (χ1) is 16.2. The first-order valence-corrected chi connectivity index (χ1v) is 11.4. The molecule has 0 unspecified atom stereocenters. The molecule has 0 saturated carbocycles. The number of alkyl halides is 3. The molecule has 1 N–H and O–H groups in total. The van der Waals surface area contributed by atoms with Gasteiger partial charge in [-0.25, -0.2) is 0 Å². The molecule has 5 nitrogen and oxygen atoms in total. The smallest absolute Gasteiger partial charge is 0.361 e. The highest BCUT2D eigenvalue weighted by molar-refractivity contribution is 5.84. The number of nitrogens with one attached hydrogen (secondary N) is 1. The van der Waals surface area contributed by atoms with E-state index in [1.807, 2.05) is 37.4 Å². The fourth-order valence-electron chi connectivity index (χ4n) is 3.87. The predicted molar refractivity (Wildman–Crippen MR) is 126 cm³/mol. The lowest BCUT2D eigenvalue weighted by Gasteiger charge is -2.27. The largest absolute Gasteiger partial charge is 0.416 e. The standard InChI is InChI=1S/C26H30F3N3O2/c1-3-4-14-31(19(2)33)18-25(34)32(17-20-9-11-22(12-10-20)26(27,28)29)15-13-21-16-30-24-8-6-5-7-23(21)24/h5-12,16,30H,3-4,13-15,17-18H2,1-2H3. The second-order valence-corrected chi connectivity index (χ2v) is 8.41. The zero-order chi connectivity index (χ0) is 24.7. The van der Waals surface area contributed by atoms with Crippen LogP contribution in [0.2, 0.25) is 0 Å². The van der Waals surface area contributed by atoms with Gasteiger partial charge in [0.25, 0.3) is 0 Å². The van der Waals surface area contributed by atoms with E-state index in [2.05, 4.69) is 4.98 Å². The summed E-state index contributed by atoms with van der Waals surface area (Å²) >= 11 is 0. The number of rotatable bonds is 10. The zero-order valence-corrected chi connectivity index (χ0v) is 19.5. The van der Waals surface area contributed by atoms with Crippen molar-refractivity contribution in [2.24, 2.45) is 0 Å². The normalized spacial score (nSPS) is 11.6. The van der Waals surface area contributed by atoms with Crippen LogP contribution in [0.4, 0.5) is 13.2 Å². The van der Waals surface area contributed by atoms with Gasteiger partial charge in [-0.15, -0.1) is 0 Å². The summed E-state index contributed by atoms with van der Waals surface area (Å²) in [6, 6.07) is 12.7. The summed E-state index contributed by atoms with van der Waals surface area (Å²) in [6.45, 7) is 4.44. The van der Waals surface area contributed by atoms with E-state index >= 15 is 0 Å². The maximum Gasteiger partial charge on any atom is 0.416 e. The average molecular weight is 474 g/mol. The molecule has 34 heavy (non-hydrogen) atoms. The number of halogens is 3. The Hall–Kier alpha value is -3.29. The minimum atomic E-state index is -4.41. The van der Waals surface area contributed by atoms with E-state index in [0.29, 0.717) is 25.1 Å². The molecule has 3 rings (SSSR count). The highest BCUT2D eigenvalue weighted by Gasteiger charge is 2.30. The number of amides is 2. The molecule has 0 radical (unpaired) electrons. The van der Waals surface area contributed by atoms with Crippen molar-refractivity contribution in [1.82, 2.24) is 14.8 Å². The average Bonchev–Trinajstić information content (AvgIpc) is 3.22. The van der Waals surface area contributed by atoms with Crippen LogP contribution in [0.3, 0.4) is 0 Å². The lowest BCUT2D eigenvalue weighted by Crippen LogP contribution is -2.43. The van der Waals surface area contributed by atoms with Gasteiger partial charge in [-0.2, -0.15) is 13.2 Å². The van der Waals surface area contributed by atoms with Crippen molar-refractivity contribution in [2.45, 2.75) is 45.8 Å². The number of carbonyl (C=O) groups excluding carboxylic acids is 2. The third-order valence-corrected chi connectivity index (χ3v) is 5.89. The number of aromatic nitrogens is 1. The van der Waals surface area contributed by atoms with E-state index < -0.39 is 11.7 Å². The van der Waals surface area contributed by atoms with Gasteiger partial charge in [0.05, 0.1) is 12.1 Å². The zero-order valence-electron chi connectivity index (χ0n) is 19.5. The molecule has 1 heterocycles. The molecular weight excluding hydrogens is 443 g/mol. The Balaban J connectivity index is 1.78. The molecular formula is C26H30F3N3O2. The number of carbonyl (C=O) groups is 2. The van der Waals surface area contributed by atoms with Crippen molar-refractivity contribution >= 4 is 22.7 Å². The number of para-hydroxylation sites is 1. The highest BCUT2D eigenvalue weighted by Crippen LogP contribution is 2.29. The van der Waals surface area contributed by atoms with Gasteiger partial charge in [0.1, 0.15) is 0 Å². The number of fused-ring (bicyclic) bond motifs is 1. The van der Waals surface area contributed by atoms with E-state index in [4.69, 9.17) is 0 Å². The van der Waals surface area contributed by atoms with Crippen molar-refractivity contribution in [1.29, 1.82) is 0 Å². The molecule has 0 bridgehead atoms. The third kappa shape index (κ3) is 6.62. The fourth-order valence-corrected chi connectivity index (χ4v) is 3.87. The number of hydrogen-bond acceptors (Lipinski definition) is 2. The Labute approximate surface area is 197 Å². The quantitative estimate of drug-likeness (QED) is 0.428. The molecule has 182 valence electrons. The molecule has 0 aliphatic rings. The Morgan fingerprint density at radius 3 is 2.32 bits per heavy atom. The summed E-state index contributed by atoms with van der Waals surface area (Å²) in [5.41, 5.74) is 1.93. The van der Waals surface area contributed by atoms with Gasteiger partial charge in [0.2, 0.25) is 11.8 Å². The fraction of sp³-hybridized carbons (Fsp3) is 0.385. The van der Waals surface area contributed by atoms with Crippen LogP contribution < -0.4 is 0 Å². The van der Waals surface area contributed by atoms with Gasteiger partial charge < -0.3 is 14.8 Å². The van der Waals surface area contributed by atoms with E-state index in [9.17, 15) is 22.8 Å². The molecule has 8 heteroatoms. The van der Waals surface area contributed by atoms with Gasteiger partial charge >= 0.3 is 6.18 Å². The minimum Gasteiger partial charge on any atom is -0.361 e. The van der Waals surface area contributed by atoms with Crippen molar-refractivity contribution in [3.8, 4) is 0 Å². The van der Waals surface area contributed by atoms with Crippen LogP contribution in [-0.4, -0.2) is 46.2 Å². The van der Waals surface area contributed by atoms with Crippen molar-refractivity contribution in [3.63, 3.8) is 0 Å². The van der Waals surface area contributed by atoms with Crippen LogP contribution in [0, 0.1) is 0 Å². The molecule has 0 fully saturated rings. The highest BCUT2D eigenvalue weighted by atomic mass is 19.4. The number of aromatic amines is 1. The Morgan fingerprint density at radius 2 is 1.68 bits per heavy atom. The summed E-state index contributed by atoms with van der Waals surface area (Å²) in [7, 11) is 0. The third-order valence-electron chi connectivity index (χ3n) is 5.89. The second-order valence-electron chi connectivity index (χ2n) is 8.41. The van der Waals surface area contributed by atoms with Gasteiger partial charge in [-0.05, 0) is 42.2 Å². The number of nitrogens with zero attached hydrogens (tertiary/aromatic N) is 2. The van der Waals surface area contributed by atoms with Gasteiger partial charge in [0.15, 0.2) is 0 Å². The van der Waals surface area contributed by atoms with Crippen molar-refractivity contribution in [3.05, 3.63) is 71.4 Å².